The molecule has 0 aliphatic heterocycles. The molecule has 0 aliphatic rings. The van der Waals surface area contributed by atoms with E-state index in [0.717, 1.165) is 64.2 Å². The first kappa shape index (κ1) is 62.6. The van der Waals surface area contributed by atoms with E-state index in [4.69, 9.17) is 14.2 Å². The van der Waals surface area contributed by atoms with Gasteiger partial charge in [-0.2, -0.15) is 0 Å². The molecule has 0 amide bonds. The first-order valence-electron chi connectivity index (χ1n) is 28.5. The summed E-state index contributed by atoms with van der Waals surface area (Å²) in [4.78, 5) is 38.1. The molecule has 0 saturated carbocycles. The quantitative estimate of drug-likeness (QED) is 0.0262. The Bertz CT molecular complexity index is 1090. The third-order valence-electron chi connectivity index (χ3n) is 12.6. The van der Waals surface area contributed by atoms with Crippen LogP contribution in [0.4, 0.5) is 0 Å². The van der Waals surface area contributed by atoms with Gasteiger partial charge in [-0.15, -0.1) is 0 Å². The number of carbonyl (C=O) groups excluding carboxylic acids is 3. The second-order valence-electron chi connectivity index (χ2n) is 19.2. The summed E-state index contributed by atoms with van der Waals surface area (Å²) in [6.07, 6.45) is 64.2. The molecule has 0 N–H and O–H groups in total. The minimum absolute atomic E-state index is 0.0768. The molecular formula is C59H108O6. The first-order chi connectivity index (χ1) is 32.0. The predicted molar refractivity (Wildman–Crippen MR) is 279 cm³/mol. The van der Waals surface area contributed by atoms with Gasteiger partial charge < -0.3 is 14.2 Å². The third kappa shape index (κ3) is 52.5. The maximum atomic E-state index is 12.8. The van der Waals surface area contributed by atoms with Crippen LogP contribution in [-0.2, 0) is 28.6 Å². The lowest BCUT2D eigenvalue weighted by Crippen LogP contribution is -2.30. The van der Waals surface area contributed by atoms with Crippen LogP contribution in [0.1, 0.15) is 303 Å². The van der Waals surface area contributed by atoms with E-state index >= 15 is 0 Å². The second-order valence-corrected chi connectivity index (χ2v) is 19.2. The Morgan fingerprint density at radius 1 is 0.292 bits per heavy atom. The Kier molecular flexibility index (Phi) is 52.3. The van der Waals surface area contributed by atoms with Crippen LogP contribution in [0.15, 0.2) is 36.5 Å². The van der Waals surface area contributed by atoms with Gasteiger partial charge in [0.25, 0.3) is 0 Å². The molecule has 0 aromatic rings. The standard InChI is InChI=1S/C59H108O6/c1-4-7-10-13-16-19-22-24-26-28-29-31-32-34-37-40-43-46-49-52-58(61)64-55-56(54-63-57(60)51-48-45-42-39-36-21-18-15-12-9-6-3)65-59(62)53-50-47-44-41-38-35-33-30-27-25-23-20-17-14-11-8-5-2/h15,18,25,27-29,56H,4-14,16-17,19-24,26,30-55H2,1-3H3/b18-15-,27-25-,29-28-/t56-/m1/s1. The Labute approximate surface area is 404 Å². The molecular weight excluding hydrogens is 805 g/mol. The third-order valence-corrected chi connectivity index (χ3v) is 12.6. The summed E-state index contributed by atoms with van der Waals surface area (Å²) in [7, 11) is 0. The number of hydrogen-bond acceptors (Lipinski definition) is 6. The average Bonchev–Trinajstić information content (AvgIpc) is 3.30. The summed E-state index contributed by atoms with van der Waals surface area (Å²) in [5, 5.41) is 0. The molecule has 6 nitrogen and oxygen atoms in total. The minimum atomic E-state index is -0.777. The van der Waals surface area contributed by atoms with Crippen molar-refractivity contribution in [3.8, 4) is 0 Å². The molecule has 0 radical (unpaired) electrons. The molecule has 0 rings (SSSR count). The number of carbonyl (C=O) groups is 3. The van der Waals surface area contributed by atoms with Crippen LogP contribution in [0.2, 0.25) is 0 Å². The van der Waals surface area contributed by atoms with Crippen LogP contribution in [-0.4, -0.2) is 37.2 Å². The van der Waals surface area contributed by atoms with Crippen LogP contribution in [0.5, 0.6) is 0 Å². The summed E-state index contributed by atoms with van der Waals surface area (Å²) < 4.78 is 16.8. The Morgan fingerprint density at radius 3 is 0.815 bits per heavy atom. The largest absolute Gasteiger partial charge is 0.462 e. The molecule has 0 bridgehead atoms. The summed E-state index contributed by atoms with van der Waals surface area (Å²) in [6, 6.07) is 0. The van der Waals surface area contributed by atoms with E-state index < -0.39 is 6.10 Å². The highest BCUT2D eigenvalue weighted by molar-refractivity contribution is 5.71. The molecule has 0 heterocycles. The van der Waals surface area contributed by atoms with Crippen LogP contribution < -0.4 is 0 Å². The van der Waals surface area contributed by atoms with E-state index in [0.29, 0.717) is 19.3 Å². The number of rotatable bonds is 52. The van der Waals surface area contributed by atoms with Crippen molar-refractivity contribution in [1.82, 2.24) is 0 Å². The van der Waals surface area contributed by atoms with E-state index in [1.54, 1.807) is 0 Å². The van der Waals surface area contributed by atoms with Crippen LogP contribution in [0.25, 0.3) is 0 Å². The number of allylic oxidation sites excluding steroid dienone is 6. The Balaban J connectivity index is 4.32. The molecule has 0 aromatic carbocycles. The minimum Gasteiger partial charge on any atom is -0.462 e. The lowest BCUT2D eigenvalue weighted by atomic mass is 10.1. The SMILES string of the molecule is CCCC/C=C\CCCCCCCC(=O)OC[C@H](COC(=O)CCCCCCCCC/C=C\CCCCCCCCCC)OC(=O)CCCCCCCCC/C=C\CCCCCCCC. The van der Waals surface area contributed by atoms with Gasteiger partial charge >= 0.3 is 17.9 Å². The molecule has 380 valence electrons. The molecule has 0 saturated heterocycles. The Hall–Kier alpha value is -2.37. The van der Waals surface area contributed by atoms with Gasteiger partial charge in [-0.25, -0.2) is 0 Å². The van der Waals surface area contributed by atoms with E-state index in [2.05, 4.69) is 57.2 Å². The topological polar surface area (TPSA) is 78.9 Å². The lowest BCUT2D eigenvalue weighted by Gasteiger charge is -2.18. The van der Waals surface area contributed by atoms with E-state index in [1.807, 2.05) is 0 Å². The van der Waals surface area contributed by atoms with Gasteiger partial charge in [-0.05, 0) is 89.9 Å². The number of esters is 3. The molecule has 0 fully saturated rings. The van der Waals surface area contributed by atoms with Crippen molar-refractivity contribution in [1.29, 1.82) is 0 Å². The molecule has 0 unspecified atom stereocenters. The van der Waals surface area contributed by atoms with Crippen molar-refractivity contribution in [3.05, 3.63) is 36.5 Å². The summed E-state index contributed by atoms with van der Waals surface area (Å²) >= 11 is 0. The van der Waals surface area contributed by atoms with Crippen molar-refractivity contribution in [3.63, 3.8) is 0 Å². The molecule has 1 atom stereocenters. The van der Waals surface area contributed by atoms with Crippen molar-refractivity contribution < 1.29 is 28.6 Å². The van der Waals surface area contributed by atoms with Gasteiger partial charge in [0.2, 0.25) is 0 Å². The average molecular weight is 914 g/mol. The monoisotopic (exact) mass is 913 g/mol. The predicted octanol–water partition coefficient (Wildman–Crippen LogP) is 18.9. The van der Waals surface area contributed by atoms with Gasteiger partial charge in [-0.3, -0.25) is 14.4 Å². The van der Waals surface area contributed by atoms with Gasteiger partial charge in [0.15, 0.2) is 6.10 Å². The Morgan fingerprint density at radius 2 is 0.523 bits per heavy atom. The van der Waals surface area contributed by atoms with Crippen molar-refractivity contribution >= 4 is 17.9 Å². The molecule has 0 spiro atoms. The van der Waals surface area contributed by atoms with Crippen molar-refractivity contribution in [2.45, 2.75) is 309 Å². The smallest absolute Gasteiger partial charge is 0.306 e. The van der Waals surface area contributed by atoms with E-state index in [9.17, 15) is 14.4 Å². The summed E-state index contributed by atoms with van der Waals surface area (Å²) in [5.41, 5.74) is 0. The van der Waals surface area contributed by atoms with Gasteiger partial charge in [-0.1, -0.05) is 231 Å². The number of ether oxygens (including phenoxy) is 3. The fraction of sp³-hybridized carbons (Fsp3) is 0.847. The number of unbranched alkanes of at least 4 members (excludes halogenated alkanes) is 35. The number of hydrogen-bond donors (Lipinski definition) is 0. The molecule has 65 heavy (non-hydrogen) atoms. The highest BCUT2D eigenvalue weighted by Gasteiger charge is 2.19. The van der Waals surface area contributed by atoms with Crippen LogP contribution in [0, 0.1) is 0 Å². The zero-order valence-electron chi connectivity index (χ0n) is 43.5. The maximum Gasteiger partial charge on any atom is 0.306 e. The fourth-order valence-corrected chi connectivity index (χ4v) is 8.24. The molecule has 6 heteroatoms. The summed E-state index contributed by atoms with van der Waals surface area (Å²) in [6.45, 7) is 6.61. The highest BCUT2D eigenvalue weighted by Crippen LogP contribution is 2.15. The highest BCUT2D eigenvalue weighted by atomic mass is 16.6. The lowest BCUT2D eigenvalue weighted by molar-refractivity contribution is -0.167. The van der Waals surface area contributed by atoms with Crippen LogP contribution in [0.3, 0.4) is 0 Å². The summed E-state index contributed by atoms with van der Waals surface area (Å²) in [5.74, 6) is -0.882. The van der Waals surface area contributed by atoms with Crippen molar-refractivity contribution in [2.24, 2.45) is 0 Å². The molecule has 0 aliphatic carbocycles. The van der Waals surface area contributed by atoms with E-state index in [1.165, 1.54) is 199 Å². The zero-order chi connectivity index (χ0) is 47.2. The maximum absolute atomic E-state index is 12.8. The second kappa shape index (κ2) is 54.2. The van der Waals surface area contributed by atoms with Gasteiger partial charge in [0.05, 0.1) is 0 Å². The molecule has 0 aromatic heterocycles. The van der Waals surface area contributed by atoms with Crippen molar-refractivity contribution in [2.75, 3.05) is 13.2 Å². The first-order valence-corrected chi connectivity index (χ1v) is 28.5. The zero-order valence-corrected chi connectivity index (χ0v) is 43.5. The van der Waals surface area contributed by atoms with Gasteiger partial charge in [0, 0.05) is 19.3 Å². The normalized spacial score (nSPS) is 12.2. The van der Waals surface area contributed by atoms with Gasteiger partial charge in [0.1, 0.15) is 13.2 Å². The van der Waals surface area contributed by atoms with Crippen LogP contribution >= 0.6 is 0 Å². The fourth-order valence-electron chi connectivity index (χ4n) is 8.24. The van der Waals surface area contributed by atoms with E-state index in [-0.39, 0.29) is 31.1 Å².